The van der Waals surface area contributed by atoms with E-state index in [0.717, 1.165) is 35.5 Å². The van der Waals surface area contributed by atoms with Crippen LogP contribution in [0.4, 0.5) is 5.69 Å². The van der Waals surface area contributed by atoms with Crippen molar-refractivity contribution >= 4 is 5.69 Å². The van der Waals surface area contributed by atoms with E-state index in [9.17, 15) is 0 Å². The number of nitrogens with one attached hydrogen (secondary N) is 1. The highest BCUT2D eigenvalue weighted by atomic mass is 16.5. The zero-order valence-corrected chi connectivity index (χ0v) is 12.9. The van der Waals surface area contributed by atoms with Crippen molar-refractivity contribution in [1.82, 2.24) is 0 Å². The van der Waals surface area contributed by atoms with Crippen LogP contribution in [0.15, 0.2) is 78.9 Å². The average Bonchev–Trinajstić information content (AvgIpc) is 3.11. The van der Waals surface area contributed by atoms with Crippen LogP contribution in [0.1, 0.15) is 22.8 Å². The topological polar surface area (TPSA) is 21.3 Å². The van der Waals surface area contributed by atoms with E-state index in [-0.39, 0.29) is 6.10 Å². The van der Waals surface area contributed by atoms with E-state index in [1.54, 1.807) is 0 Å². The molecule has 0 spiro atoms. The third kappa shape index (κ3) is 2.80. The van der Waals surface area contributed by atoms with Gasteiger partial charge in [0.25, 0.3) is 0 Å². The van der Waals surface area contributed by atoms with Crippen molar-refractivity contribution in [2.45, 2.75) is 12.5 Å². The summed E-state index contributed by atoms with van der Waals surface area (Å²) in [6, 6.07) is 27.1. The number of benzene rings is 3. The van der Waals surface area contributed by atoms with Gasteiger partial charge in [-0.2, -0.15) is 0 Å². The quantitative estimate of drug-likeness (QED) is 0.745. The molecule has 0 bridgehead atoms. The van der Waals surface area contributed by atoms with E-state index in [0.29, 0.717) is 0 Å². The predicted molar refractivity (Wildman–Crippen MR) is 94.0 cm³/mol. The van der Waals surface area contributed by atoms with Gasteiger partial charge in [-0.1, -0.05) is 72.8 Å². The Kier molecular flexibility index (Phi) is 3.73. The van der Waals surface area contributed by atoms with Gasteiger partial charge in [0, 0.05) is 6.54 Å². The van der Waals surface area contributed by atoms with Crippen LogP contribution >= 0.6 is 0 Å². The Morgan fingerprint density at radius 1 is 0.739 bits per heavy atom. The predicted octanol–water partition coefficient (Wildman–Crippen LogP) is 4.82. The molecule has 0 aliphatic carbocycles. The smallest absolute Gasteiger partial charge is 0.149 e. The van der Waals surface area contributed by atoms with Gasteiger partial charge >= 0.3 is 0 Å². The van der Waals surface area contributed by atoms with Gasteiger partial charge in [-0.15, -0.1) is 0 Å². The lowest BCUT2D eigenvalue weighted by Crippen LogP contribution is -2.10. The van der Waals surface area contributed by atoms with Gasteiger partial charge < -0.3 is 10.1 Å². The molecule has 0 fully saturated rings. The molecule has 2 nitrogen and oxygen atoms in total. The fraction of sp³-hybridized carbons (Fsp3) is 0.143. The van der Waals surface area contributed by atoms with Crippen molar-refractivity contribution in [3.63, 3.8) is 0 Å². The maximum absolute atomic E-state index is 6.47. The molecule has 0 aromatic heterocycles. The molecule has 1 aliphatic rings. The summed E-state index contributed by atoms with van der Waals surface area (Å²) in [6.45, 7) is 0.983. The number of ether oxygens (including phenoxy) is 1. The largest absolute Gasteiger partial charge is 0.479 e. The van der Waals surface area contributed by atoms with Gasteiger partial charge in [0.1, 0.15) is 11.9 Å². The minimum atomic E-state index is -0.105. The summed E-state index contributed by atoms with van der Waals surface area (Å²) in [6.07, 6.45) is 0.958. The Morgan fingerprint density at radius 3 is 2.04 bits per heavy atom. The fourth-order valence-corrected chi connectivity index (χ4v) is 3.12. The van der Waals surface area contributed by atoms with Crippen LogP contribution < -0.4 is 10.1 Å². The van der Waals surface area contributed by atoms with Gasteiger partial charge in [0.2, 0.25) is 0 Å². The molecule has 3 aromatic rings. The number of para-hydroxylation sites is 1. The Hall–Kier alpha value is -2.74. The monoisotopic (exact) mass is 301 g/mol. The zero-order chi connectivity index (χ0) is 15.5. The Balaban J connectivity index is 1.74. The molecule has 0 amide bonds. The molecule has 0 radical (unpaired) electrons. The number of hydrogen-bond acceptors (Lipinski definition) is 2. The van der Waals surface area contributed by atoms with E-state index in [2.05, 4.69) is 72.0 Å². The van der Waals surface area contributed by atoms with E-state index in [1.807, 2.05) is 12.1 Å². The first-order valence-corrected chi connectivity index (χ1v) is 8.04. The highest BCUT2D eigenvalue weighted by Crippen LogP contribution is 2.37. The van der Waals surface area contributed by atoms with Crippen molar-refractivity contribution in [2.75, 3.05) is 11.9 Å². The van der Waals surface area contributed by atoms with Crippen LogP contribution in [-0.2, 0) is 6.42 Å². The molecule has 1 N–H and O–H groups in total. The zero-order valence-electron chi connectivity index (χ0n) is 12.9. The van der Waals surface area contributed by atoms with Crippen molar-refractivity contribution in [2.24, 2.45) is 0 Å². The first kappa shape index (κ1) is 13.9. The minimum Gasteiger partial charge on any atom is -0.479 e. The third-order valence-electron chi connectivity index (χ3n) is 4.26. The number of hydrogen-bond donors (Lipinski definition) is 1. The molecule has 0 saturated heterocycles. The molecule has 0 atom stereocenters. The molecular weight excluding hydrogens is 282 g/mol. The molecular formula is C21H19NO. The lowest BCUT2D eigenvalue weighted by Gasteiger charge is -2.22. The van der Waals surface area contributed by atoms with Crippen LogP contribution in [0.2, 0.25) is 0 Å². The van der Waals surface area contributed by atoms with Gasteiger partial charge in [0.05, 0.1) is 5.69 Å². The van der Waals surface area contributed by atoms with E-state index < -0.39 is 0 Å². The molecule has 3 aromatic carbocycles. The summed E-state index contributed by atoms with van der Waals surface area (Å²) in [5.74, 6) is 0.928. The van der Waals surface area contributed by atoms with Crippen molar-refractivity contribution in [3.05, 3.63) is 95.6 Å². The fourth-order valence-electron chi connectivity index (χ4n) is 3.12. The Labute approximate surface area is 136 Å². The molecule has 0 saturated carbocycles. The van der Waals surface area contributed by atoms with Crippen LogP contribution in [0.3, 0.4) is 0 Å². The van der Waals surface area contributed by atoms with Crippen LogP contribution in [0.25, 0.3) is 0 Å². The van der Waals surface area contributed by atoms with Crippen LogP contribution in [-0.4, -0.2) is 6.54 Å². The maximum Gasteiger partial charge on any atom is 0.149 e. The van der Waals surface area contributed by atoms with Crippen molar-refractivity contribution < 1.29 is 4.74 Å². The molecule has 1 heterocycles. The summed E-state index contributed by atoms with van der Waals surface area (Å²) in [5.41, 5.74) is 4.80. The summed E-state index contributed by atoms with van der Waals surface area (Å²) < 4.78 is 6.47. The normalized spacial score (nSPS) is 12.7. The van der Waals surface area contributed by atoms with Gasteiger partial charge in [0.15, 0.2) is 0 Å². The van der Waals surface area contributed by atoms with Crippen molar-refractivity contribution in [3.8, 4) is 5.75 Å². The summed E-state index contributed by atoms with van der Waals surface area (Å²) in [5, 5.41) is 3.45. The highest BCUT2D eigenvalue weighted by molar-refractivity contribution is 5.65. The third-order valence-corrected chi connectivity index (χ3v) is 4.26. The summed E-state index contributed by atoms with van der Waals surface area (Å²) >= 11 is 0. The van der Waals surface area contributed by atoms with Crippen LogP contribution in [0, 0.1) is 0 Å². The highest BCUT2D eigenvalue weighted by Gasteiger charge is 2.20. The van der Waals surface area contributed by atoms with E-state index in [4.69, 9.17) is 4.74 Å². The van der Waals surface area contributed by atoms with Crippen molar-refractivity contribution in [1.29, 1.82) is 0 Å². The average molecular weight is 301 g/mol. The lowest BCUT2D eigenvalue weighted by atomic mass is 10.0. The van der Waals surface area contributed by atoms with Gasteiger partial charge in [-0.05, 0) is 29.2 Å². The van der Waals surface area contributed by atoms with E-state index in [1.165, 1.54) is 5.56 Å². The second-order valence-corrected chi connectivity index (χ2v) is 5.79. The second-order valence-electron chi connectivity index (χ2n) is 5.79. The molecule has 4 rings (SSSR count). The minimum absolute atomic E-state index is 0.105. The lowest BCUT2D eigenvalue weighted by molar-refractivity contribution is 0.248. The van der Waals surface area contributed by atoms with Crippen LogP contribution in [0.5, 0.6) is 5.75 Å². The summed E-state index contributed by atoms with van der Waals surface area (Å²) in [4.78, 5) is 0. The Morgan fingerprint density at radius 2 is 1.39 bits per heavy atom. The Bertz CT molecular complexity index is 744. The molecule has 1 aliphatic heterocycles. The van der Waals surface area contributed by atoms with Gasteiger partial charge in [-0.25, -0.2) is 0 Å². The first-order chi connectivity index (χ1) is 11.4. The standard InChI is InChI=1S/C21H19NO/c1-3-8-17(9-4-1)21(18-10-5-2-6-11-18)23-19-13-7-12-16-14-15-22-20(16)19/h1-13,21-22H,14-15H2. The molecule has 23 heavy (non-hydrogen) atoms. The molecule has 114 valence electrons. The SMILES string of the molecule is c1ccc(C(Oc2cccc3c2NCC3)c2ccccc2)cc1. The molecule has 0 unspecified atom stereocenters. The number of rotatable bonds is 4. The number of anilines is 1. The number of fused-ring (bicyclic) bond motifs is 1. The van der Waals surface area contributed by atoms with E-state index >= 15 is 0 Å². The summed E-state index contributed by atoms with van der Waals surface area (Å²) in [7, 11) is 0. The first-order valence-electron chi connectivity index (χ1n) is 8.04. The maximum atomic E-state index is 6.47. The van der Waals surface area contributed by atoms with Gasteiger partial charge in [-0.3, -0.25) is 0 Å². The second kappa shape index (κ2) is 6.17. The molecule has 2 heteroatoms.